The van der Waals surface area contributed by atoms with Gasteiger partial charge in [-0.3, -0.25) is 0 Å². The monoisotopic (exact) mass is 642 g/mol. The van der Waals surface area contributed by atoms with Crippen molar-refractivity contribution in [3.8, 4) is 27.9 Å². The molecule has 1 aromatic heterocycles. The Labute approximate surface area is 293 Å². The van der Waals surface area contributed by atoms with Crippen molar-refractivity contribution in [1.29, 1.82) is 0 Å². The van der Waals surface area contributed by atoms with Crippen molar-refractivity contribution < 1.29 is 0 Å². The number of aromatic nitrogens is 1. The van der Waals surface area contributed by atoms with Crippen molar-refractivity contribution in [2.75, 3.05) is 4.90 Å². The van der Waals surface area contributed by atoms with E-state index in [1.54, 1.807) is 0 Å². The fourth-order valence-electron chi connectivity index (χ4n) is 8.99. The quantitative estimate of drug-likeness (QED) is 0.186. The summed E-state index contributed by atoms with van der Waals surface area (Å²) in [6, 6.07) is 58.5. The van der Waals surface area contributed by atoms with Gasteiger partial charge in [0.25, 0.3) is 0 Å². The molecular weight excluding hydrogens is 605 g/mol. The van der Waals surface area contributed by atoms with Gasteiger partial charge in [0.2, 0.25) is 0 Å². The Hall–Kier alpha value is -5.86. The highest BCUT2D eigenvalue weighted by Gasteiger charge is 2.37. The molecule has 240 valence electrons. The number of nitrogens with zero attached hydrogens (tertiary/aromatic N) is 2. The molecule has 1 aliphatic carbocycles. The second-order valence-corrected chi connectivity index (χ2v) is 15.0. The second-order valence-electron chi connectivity index (χ2n) is 15.0. The summed E-state index contributed by atoms with van der Waals surface area (Å²) in [5.74, 6) is 0. The average Bonchev–Trinajstić information content (AvgIpc) is 3.59. The molecule has 50 heavy (non-hydrogen) atoms. The van der Waals surface area contributed by atoms with Crippen LogP contribution in [0.3, 0.4) is 0 Å². The van der Waals surface area contributed by atoms with Crippen LogP contribution in [-0.4, -0.2) is 4.57 Å². The molecule has 0 saturated heterocycles. The first-order valence-electron chi connectivity index (χ1n) is 17.7. The van der Waals surface area contributed by atoms with E-state index >= 15 is 0 Å². The van der Waals surface area contributed by atoms with Crippen LogP contribution in [0, 0.1) is 0 Å². The molecule has 0 radical (unpaired) electrons. The van der Waals surface area contributed by atoms with E-state index in [0.29, 0.717) is 0 Å². The van der Waals surface area contributed by atoms with E-state index in [1.165, 1.54) is 89.1 Å². The standard InChI is InChI=1S/C48H38N2/c1-47(2)39-15-7-5-13-35(39)37-29-38-36-14-6-10-18-43(36)49(46(38)30-42(37)47)33-25-21-31(22-26-33)32-23-27-34(28-24-32)50-44-19-11-8-16-40(44)48(3,4)41-17-9-12-20-45(41)50/h5-30H,1-4H3. The fourth-order valence-corrected chi connectivity index (χ4v) is 8.99. The molecule has 0 amide bonds. The van der Waals surface area contributed by atoms with E-state index < -0.39 is 0 Å². The third-order valence-electron chi connectivity index (χ3n) is 11.6. The lowest BCUT2D eigenvalue weighted by Gasteiger charge is -2.42. The molecule has 0 fully saturated rings. The van der Waals surface area contributed by atoms with E-state index in [9.17, 15) is 0 Å². The molecule has 2 heterocycles. The van der Waals surface area contributed by atoms with E-state index in [0.717, 1.165) is 0 Å². The van der Waals surface area contributed by atoms with Gasteiger partial charge in [0.15, 0.2) is 0 Å². The highest BCUT2D eigenvalue weighted by Crippen LogP contribution is 2.53. The minimum Gasteiger partial charge on any atom is -0.310 e. The van der Waals surface area contributed by atoms with Crippen molar-refractivity contribution in [1.82, 2.24) is 4.57 Å². The second kappa shape index (κ2) is 10.3. The Balaban J connectivity index is 1.04. The molecular formula is C48H38N2. The fraction of sp³-hybridized carbons (Fsp3) is 0.125. The summed E-state index contributed by atoms with van der Waals surface area (Å²) < 4.78 is 2.45. The van der Waals surface area contributed by atoms with Crippen LogP contribution < -0.4 is 4.90 Å². The number of rotatable bonds is 3. The van der Waals surface area contributed by atoms with Gasteiger partial charge in [-0.25, -0.2) is 0 Å². The lowest BCUT2D eigenvalue weighted by Crippen LogP contribution is -2.30. The van der Waals surface area contributed by atoms with Crippen molar-refractivity contribution in [3.05, 3.63) is 180 Å². The topological polar surface area (TPSA) is 8.17 Å². The molecule has 0 atom stereocenters. The third-order valence-corrected chi connectivity index (χ3v) is 11.6. The number of para-hydroxylation sites is 3. The van der Waals surface area contributed by atoms with Crippen molar-refractivity contribution in [3.63, 3.8) is 0 Å². The van der Waals surface area contributed by atoms with Crippen LogP contribution in [-0.2, 0) is 10.8 Å². The maximum Gasteiger partial charge on any atom is 0.0544 e. The number of anilines is 3. The largest absolute Gasteiger partial charge is 0.310 e. The number of fused-ring (bicyclic) bond motifs is 8. The molecule has 0 saturated carbocycles. The van der Waals surface area contributed by atoms with Gasteiger partial charge in [-0.2, -0.15) is 0 Å². The zero-order valence-corrected chi connectivity index (χ0v) is 28.9. The summed E-state index contributed by atoms with van der Waals surface area (Å²) in [5.41, 5.74) is 17.9. The number of benzene rings is 7. The molecule has 1 aliphatic heterocycles. The van der Waals surface area contributed by atoms with Crippen LogP contribution in [0.4, 0.5) is 17.1 Å². The Bertz CT molecular complexity index is 2580. The maximum atomic E-state index is 2.45. The molecule has 2 nitrogen and oxygen atoms in total. The van der Waals surface area contributed by atoms with E-state index in [1.807, 2.05) is 0 Å². The van der Waals surface area contributed by atoms with Gasteiger partial charge in [-0.1, -0.05) is 131 Å². The summed E-state index contributed by atoms with van der Waals surface area (Å²) in [6.07, 6.45) is 0. The first kappa shape index (κ1) is 29.1. The molecule has 7 aromatic carbocycles. The van der Waals surface area contributed by atoms with Gasteiger partial charge < -0.3 is 9.47 Å². The normalized spacial score (nSPS) is 15.1. The molecule has 10 rings (SSSR count). The third kappa shape index (κ3) is 3.96. The SMILES string of the molecule is CC1(C)c2ccccc2-c2cc3c4ccccc4n(-c4ccc(-c5ccc(N6c7ccccc7C(C)(C)c7ccccc76)cc5)cc4)c3cc21. The van der Waals surface area contributed by atoms with Crippen molar-refractivity contribution in [2.24, 2.45) is 0 Å². The molecule has 0 spiro atoms. The molecule has 2 heteroatoms. The molecule has 0 N–H and O–H groups in total. The smallest absolute Gasteiger partial charge is 0.0544 e. The van der Waals surface area contributed by atoms with Gasteiger partial charge in [-0.15, -0.1) is 0 Å². The predicted molar refractivity (Wildman–Crippen MR) is 211 cm³/mol. The highest BCUT2D eigenvalue weighted by molar-refractivity contribution is 6.11. The molecule has 8 aromatic rings. The number of hydrogen-bond donors (Lipinski definition) is 0. The minimum absolute atomic E-state index is 0.0496. The van der Waals surface area contributed by atoms with Gasteiger partial charge in [0, 0.05) is 33.0 Å². The Kier molecular flexibility index (Phi) is 6.01. The lowest BCUT2D eigenvalue weighted by molar-refractivity contribution is 0.632. The minimum atomic E-state index is -0.0665. The first-order chi connectivity index (χ1) is 24.3. The summed E-state index contributed by atoms with van der Waals surface area (Å²) in [7, 11) is 0. The molecule has 0 unspecified atom stereocenters. The van der Waals surface area contributed by atoms with Crippen LogP contribution in [0.25, 0.3) is 49.7 Å². The van der Waals surface area contributed by atoms with Crippen LogP contribution >= 0.6 is 0 Å². The first-order valence-corrected chi connectivity index (χ1v) is 17.7. The van der Waals surface area contributed by atoms with Gasteiger partial charge in [-0.05, 0) is 99.1 Å². The average molecular weight is 643 g/mol. The molecule has 2 aliphatic rings. The summed E-state index contributed by atoms with van der Waals surface area (Å²) in [5, 5.41) is 2.59. The van der Waals surface area contributed by atoms with Crippen LogP contribution in [0.1, 0.15) is 49.9 Å². The van der Waals surface area contributed by atoms with E-state index in [-0.39, 0.29) is 10.8 Å². The van der Waals surface area contributed by atoms with Crippen LogP contribution in [0.15, 0.2) is 158 Å². The zero-order chi connectivity index (χ0) is 33.8. The van der Waals surface area contributed by atoms with E-state index in [2.05, 4.69) is 195 Å². The van der Waals surface area contributed by atoms with Crippen LogP contribution in [0.5, 0.6) is 0 Å². The lowest BCUT2D eigenvalue weighted by atomic mass is 9.73. The Morgan fingerprint density at radius 2 is 0.900 bits per heavy atom. The predicted octanol–water partition coefficient (Wildman–Crippen LogP) is 12.9. The van der Waals surface area contributed by atoms with Crippen molar-refractivity contribution >= 4 is 38.9 Å². The van der Waals surface area contributed by atoms with Crippen molar-refractivity contribution in [2.45, 2.75) is 38.5 Å². The summed E-state index contributed by atoms with van der Waals surface area (Å²) >= 11 is 0. The molecule has 0 bridgehead atoms. The Morgan fingerprint density at radius 1 is 0.380 bits per heavy atom. The highest BCUT2D eigenvalue weighted by atomic mass is 15.2. The maximum absolute atomic E-state index is 2.45. The Morgan fingerprint density at radius 3 is 1.56 bits per heavy atom. The van der Waals surface area contributed by atoms with Gasteiger partial charge in [0.1, 0.15) is 0 Å². The van der Waals surface area contributed by atoms with E-state index in [4.69, 9.17) is 0 Å². The van der Waals surface area contributed by atoms with Crippen LogP contribution in [0.2, 0.25) is 0 Å². The summed E-state index contributed by atoms with van der Waals surface area (Å²) in [4.78, 5) is 2.42. The van der Waals surface area contributed by atoms with Gasteiger partial charge >= 0.3 is 0 Å². The van der Waals surface area contributed by atoms with Gasteiger partial charge in [0.05, 0.1) is 22.4 Å². The summed E-state index contributed by atoms with van der Waals surface area (Å²) in [6.45, 7) is 9.39. The zero-order valence-electron chi connectivity index (χ0n) is 28.9. The number of hydrogen-bond acceptors (Lipinski definition) is 1.